The van der Waals surface area contributed by atoms with E-state index in [9.17, 15) is 9.59 Å². The maximum absolute atomic E-state index is 12.9. The molecule has 1 aromatic carbocycles. The van der Waals surface area contributed by atoms with E-state index in [1.165, 1.54) is 16.6 Å². The van der Waals surface area contributed by atoms with Crippen LogP contribution in [0.2, 0.25) is 0 Å². The number of hydrogen-bond acceptors (Lipinski definition) is 2. The predicted octanol–water partition coefficient (Wildman–Crippen LogP) is 3.17. The molecule has 1 aliphatic carbocycles. The van der Waals surface area contributed by atoms with E-state index in [-0.39, 0.29) is 17.0 Å². The first-order valence-corrected chi connectivity index (χ1v) is 8.36. The van der Waals surface area contributed by atoms with Crippen molar-refractivity contribution in [1.29, 1.82) is 0 Å². The number of amides is 2. The Morgan fingerprint density at radius 2 is 1.96 bits per heavy atom. The highest BCUT2D eigenvalue weighted by Gasteiger charge is 2.48. The van der Waals surface area contributed by atoms with E-state index in [2.05, 4.69) is 11.4 Å². The number of para-hydroxylation sites is 1. The van der Waals surface area contributed by atoms with Crippen molar-refractivity contribution >= 4 is 17.4 Å². The summed E-state index contributed by atoms with van der Waals surface area (Å²) in [5.41, 5.74) is 3.30. The normalized spacial score (nSPS) is 17.5. The quantitative estimate of drug-likeness (QED) is 0.876. The van der Waals surface area contributed by atoms with Gasteiger partial charge in [-0.15, -0.1) is 0 Å². The summed E-state index contributed by atoms with van der Waals surface area (Å²) in [4.78, 5) is 27.0. The van der Waals surface area contributed by atoms with Crippen molar-refractivity contribution in [3.63, 3.8) is 0 Å². The highest BCUT2D eigenvalue weighted by molar-refractivity contribution is 6.04. The van der Waals surface area contributed by atoms with Crippen LogP contribution in [0.15, 0.2) is 41.3 Å². The van der Waals surface area contributed by atoms with Crippen LogP contribution in [-0.4, -0.2) is 17.1 Å². The highest BCUT2D eigenvalue weighted by atomic mass is 16.2. The Labute approximate surface area is 140 Å². The molecular weight excluding hydrogens is 302 g/mol. The zero-order valence-electron chi connectivity index (χ0n) is 14.0. The number of pyridine rings is 1. The van der Waals surface area contributed by atoms with Crippen molar-refractivity contribution in [3.05, 3.63) is 58.0 Å². The second-order valence-electron chi connectivity index (χ2n) is 6.96. The number of urea groups is 1. The van der Waals surface area contributed by atoms with Crippen LogP contribution in [-0.2, 0) is 12.5 Å². The third kappa shape index (κ3) is 2.08. The SMILES string of the molecule is Cc1ccn(C)c(=O)c1NC(=O)N1CC2(CCC2)c2ccccc21. The molecule has 124 valence electrons. The van der Waals surface area contributed by atoms with Gasteiger partial charge in [0, 0.05) is 30.9 Å². The van der Waals surface area contributed by atoms with Crippen LogP contribution in [0.1, 0.15) is 30.4 Å². The van der Waals surface area contributed by atoms with Crippen LogP contribution in [0, 0.1) is 6.92 Å². The number of rotatable bonds is 1. The van der Waals surface area contributed by atoms with Gasteiger partial charge in [-0.1, -0.05) is 24.6 Å². The Morgan fingerprint density at radius 1 is 1.21 bits per heavy atom. The minimum Gasteiger partial charge on any atom is -0.317 e. The molecule has 1 N–H and O–H groups in total. The Balaban J connectivity index is 1.67. The Bertz CT molecular complexity index is 880. The van der Waals surface area contributed by atoms with Crippen molar-refractivity contribution in [1.82, 2.24) is 4.57 Å². The molecule has 0 radical (unpaired) electrons. The van der Waals surface area contributed by atoms with Crippen LogP contribution in [0.5, 0.6) is 0 Å². The molecule has 1 fully saturated rings. The first-order valence-electron chi connectivity index (χ1n) is 8.36. The van der Waals surface area contributed by atoms with Gasteiger partial charge in [0.15, 0.2) is 0 Å². The first-order chi connectivity index (χ1) is 11.5. The zero-order valence-corrected chi connectivity index (χ0v) is 14.0. The summed E-state index contributed by atoms with van der Waals surface area (Å²) in [5, 5.41) is 2.84. The summed E-state index contributed by atoms with van der Waals surface area (Å²) in [6, 6.07) is 9.74. The highest BCUT2D eigenvalue weighted by Crippen LogP contribution is 2.52. The third-order valence-electron chi connectivity index (χ3n) is 5.49. The minimum absolute atomic E-state index is 0.116. The molecule has 5 nitrogen and oxygen atoms in total. The standard InChI is InChI=1S/C19H21N3O2/c1-13-8-11-21(2)17(23)16(13)20-18(24)22-12-19(9-5-10-19)14-6-3-4-7-15(14)22/h3-4,6-8,11H,5,9-10,12H2,1-2H3,(H,20,24). The Morgan fingerprint density at radius 3 is 2.67 bits per heavy atom. The van der Waals surface area contributed by atoms with Gasteiger partial charge in [-0.3, -0.25) is 9.69 Å². The molecule has 1 spiro atoms. The molecule has 1 aromatic heterocycles. The monoisotopic (exact) mass is 323 g/mol. The second kappa shape index (κ2) is 5.23. The summed E-state index contributed by atoms with van der Waals surface area (Å²) in [5.74, 6) is 0. The van der Waals surface area contributed by atoms with Gasteiger partial charge in [0.2, 0.25) is 0 Å². The van der Waals surface area contributed by atoms with Crippen LogP contribution >= 0.6 is 0 Å². The van der Waals surface area contributed by atoms with E-state index in [0.29, 0.717) is 12.2 Å². The molecule has 2 aromatic rings. The Hall–Kier alpha value is -2.56. The molecule has 1 saturated carbocycles. The number of aryl methyl sites for hydroxylation is 2. The summed E-state index contributed by atoms with van der Waals surface area (Å²) < 4.78 is 1.48. The largest absolute Gasteiger partial charge is 0.326 e. The maximum Gasteiger partial charge on any atom is 0.326 e. The van der Waals surface area contributed by atoms with Crippen molar-refractivity contribution in [2.75, 3.05) is 16.8 Å². The van der Waals surface area contributed by atoms with Gasteiger partial charge in [0.1, 0.15) is 5.69 Å². The van der Waals surface area contributed by atoms with E-state index in [4.69, 9.17) is 0 Å². The van der Waals surface area contributed by atoms with Gasteiger partial charge in [-0.05, 0) is 43.0 Å². The first kappa shape index (κ1) is 15.0. The van der Waals surface area contributed by atoms with Crippen LogP contribution in [0.4, 0.5) is 16.2 Å². The number of nitrogens with zero attached hydrogens (tertiary/aromatic N) is 2. The summed E-state index contributed by atoms with van der Waals surface area (Å²) in [6.07, 6.45) is 5.17. The molecular formula is C19H21N3O2. The summed E-state index contributed by atoms with van der Waals surface area (Å²) in [6.45, 7) is 2.53. The van der Waals surface area contributed by atoms with Gasteiger partial charge < -0.3 is 9.88 Å². The number of hydrogen-bond donors (Lipinski definition) is 1. The predicted molar refractivity (Wildman–Crippen MR) is 94.8 cm³/mol. The van der Waals surface area contributed by atoms with Crippen LogP contribution in [0.25, 0.3) is 0 Å². The van der Waals surface area contributed by atoms with Crippen molar-refractivity contribution < 1.29 is 4.79 Å². The fraction of sp³-hybridized carbons (Fsp3) is 0.368. The molecule has 0 unspecified atom stereocenters. The Kier molecular flexibility index (Phi) is 3.27. The lowest BCUT2D eigenvalue weighted by Gasteiger charge is -2.38. The van der Waals surface area contributed by atoms with Crippen molar-refractivity contribution in [2.24, 2.45) is 7.05 Å². The molecule has 0 bridgehead atoms. The third-order valence-corrected chi connectivity index (χ3v) is 5.49. The van der Waals surface area contributed by atoms with E-state index in [1.807, 2.05) is 31.2 Å². The minimum atomic E-state index is -0.224. The van der Waals surface area contributed by atoms with Crippen molar-refractivity contribution in [2.45, 2.75) is 31.6 Å². The average molecular weight is 323 g/mol. The fourth-order valence-electron chi connectivity index (χ4n) is 3.89. The molecule has 0 atom stereocenters. The van der Waals surface area contributed by atoms with Gasteiger partial charge >= 0.3 is 6.03 Å². The van der Waals surface area contributed by atoms with E-state index in [0.717, 1.165) is 24.1 Å². The number of anilines is 2. The number of aromatic nitrogens is 1. The van der Waals surface area contributed by atoms with Gasteiger partial charge in [0.25, 0.3) is 5.56 Å². The molecule has 24 heavy (non-hydrogen) atoms. The topological polar surface area (TPSA) is 54.3 Å². The van der Waals surface area contributed by atoms with Crippen molar-refractivity contribution in [3.8, 4) is 0 Å². The van der Waals surface area contributed by atoms with Gasteiger partial charge in [-0.2, -0.15) is 0 Å². The van der Waals surface area contributed by atoms with Gasteiger partial charge in [0.05, 0.1) is 0 Å². The molecule has 2 heterocycles. The van der Waals surface area contributed by atoms with Gasteiger partial charge in [-0.25, -0.2) is 4.79 Å². The number of carbonyl (C=O) groups is 1. The molecule has 0 saturated heterocycles. The summed E-state index contributed by atoms with van der Waals surface area (Å²) >= 11 is 0. The summed E-state index contributed by atoms with van der Waals surface area (Å²) in [7, 11) is 1.69. The van der Waals surface area contributed by atoms with E-state index < -0.39 is 0 Å². The van der Waals surface area contributed by atoms with Crippen LogP contribution < -0.4 is 15.8 Å². The van der Waals surface area contributed by atoms with E-state index in [1.54, 1.807) is 18.1 Å². The van der Waals surface area contributed by atoms with Crippen LogP contribution in [0.3, 0.4) is 0 Å². The lowest BCUT2D eigenvalue weighted by Crippen LogP contribution is -2.43. The average Bonchev–Trinajstić information content (AvgIpc) is 2.91. The van der Waals surface area contributed by atoms with E-state index >= 15 is 0 Å². The lowest BCUT2D eigenvalue weighted by atomic mass is 9.66. The number of benzene rings is 1. The number of carbonyl (C=O) groups excluding carboxylic acids is 1. The molecule has 4 rings (SSSR count). The second-order valence-corrected chi connectivity index (χ2v) is 6.96. The smallest absolute Gasteiger partial charge is 0.317 e. The molecule has 2 amide bonds. The number of fused-ring (bicyclic) bond motifs is 2. The maximum atomic E-state index is 12.9. The fourth-order valence-corrected chi connectivity index (χ4v) is 3.89. The lowest BCUT2D eigenvalue weighted by molar-refractivity contribution is 0.244. The zero-order chi connectivity index (χ0) is 16.9. The molecule has 1 aliphatic heterocycles. The number of nitrogens with one attached hydrogen (secondary N) is 1. The molecule has 5 heteroatoms. The molecule has 2 aliphatic rings.